The number of hydrogen-bond donors (Lipinski definition) is 1. The van der Waals surface area contributed by atoms with Gasteiger partial charge >= 0.3 is 6.09 Å². The van der Waals surface area contributed by atoms with E-state index in [1.165, 1.54) is 0 Å². The molecule has 1 aliphatic carbocycles. The van der Waals surface area contributed by atoms with Gasteiger partial charge in [-0.15, -0.1) is 0 Å². The molecule has 0 saturated carbocycles. The molecule has 0 atom stereocenters. The highest BCUT2D eigenvalue weighted by molar-refractivity contribution is 5.99. The summed E-state index contributed by atoms with van der Waals surface area (Å²) in [5.74, 6) is 0.473. The fraction of sp³-hybridized carbons (Fsp3) is 0.400. The molecular formula is C20H27N4O4+. The number of piperazine rings is 1. The van der Waals surface area contributed by atoms with Crippen molar-refractivity contribution in [3.63, 3.8) is 0 Å². The molecule has 0 unspecified atom stereocenters. The van der Waals surface area contributed by atoms with Crippen LogP contribution in [-0.4, -0.2) is 73.8 Å². The monoisotopic (exact) mass is 387 g/mol. The van der Waals surface area contributed by atoms with Gasteiger partial charge in [-0.25, -0.2) is 4.79 Å². The zero-order valence-corrected chi connectivity index (χ0v) is 16.6. The number of rotatable bonds is 5. The molecule has 1 fully saturated rings. The SMILES string of the molecule is CONc1ccccc1/[N+](OC)=C1\CC=CC=C1OC(=O)N1CCN(C)CC1. The molecular weight excluding hydrogens is 360 g/mol. The fourth-order valence-electron chi connectivity index (χ4n) is 3.16. The number of hydrogen-bond acceptors (Lipinski definition) is 6. The highest BCUT2D eigenvalue weighted by Crippen LogP contribution is 2.27. The lowest BCUT2D eigenvalue weighted by Crippen LogP contribution is -2.47. The molecule has 0 radical (unpaired) electrons. The zero-order chi connectivity index (χ0) is 19.9. The van der Waals surface area contributed by atoms with Gasteiger partial charge in [-0.1, -0.05) is 24.3 Å². The van der Waals surface area contributed by atoms with Crippen molar-refractivity contribution in [3.8, 4) is 0 Å². The Morgan fingerprint density at radius 1 is 1.14 bits per heavy atom. The number of carbonyl (C=O) groups is 1. The quantitative estimate of drug-likeness (QED) is 0.619. The number of ether oxygens (including phenoxy) is 1. The van der Waals surface area contributed by atoms with E-state index in [2.05, 4.69) is 10.4 Å². The van der Waals surface area contributed by atoms with Gasteiger partial charge in [0.15, 0.2) is 0 Å². The Balaban J connectivity index is 1.87. The van der Waals surface area contributed by atoms with E-state index < -0.39 is 0 Å². The third kappa shape index (κ3) is 4.52. The summed E-state index contributed by atoms with van der Waals surface area (Å²) in [6.07, 6.45) is 5.87. The molecule has 1 heterocycles. The molecule has 1 N–H and O–H groups in total. The van der Waals surface area contributed by atoms with E-state index in [9.17, 15) is 4.79 Å². The van der Waals surface area contributed by atoms with Gasteiger partial charge in [0.2, 0.25) is 5.76 Å². The molecule has 1 amide bonds. The molecule has 28 heavy (non-hydrogen) atoms. The molecule has 8 nitrogen and oxygen atoms in total. The molecule has 1 aromatic rings. The number of carbonyl (C=O) groups excluding carboxylic acids is 1. The van der Waals surface area contributed by atoms with Gasteiger partial charge in [-0.05, 0) is 19.2 Å². The first-order valence-corrected chi connectivity index (χ1v) is 9.24. The molecule has 1 aromatic carbocycles. The Labute approximate surface area is 165 Å². The number of nitrogens with zero attached hydrogens (tertiary/aromatic N) is 3. The van der Waals surface area contributed by atoms with E-state index >= 15 is 0 Å². The van der Waals surface area contributed by atoms with E-state index in [1.807, 2.05) is 43.5 Å². The molecule has 0 spiro atoms. The van der Waals surface area contributed by atoms with Crippen molar-refractivity contribution >= 4 is 23.2 Å². The molecule has 3 rings (SSSR count). The van der Waals surface area contributed by atoms with Crippen molar-refractivity contribution in [2.75, 3.05) is 52.9 Å². The highest BCUT2D eigenvalue weighted by Gasteiger charge is 2.31. The number of anilines is 1. The van der Waals surface area contributed by atoms with Crippen molar-refractivity contribution in [2.24, 2.45) is 0 Å². The van der Waals surface area contributed by atoms with Crippen LogP contribution in [0.15, 0.2) is 48.3 Å². The van der Waals surface area contributed by atoms with Crippen LogP contribution < -0.4 is 5.48 Å². The van der Waals surface area contributed by atoms with E-state index in [1.54, 1.807) is 29.9 Å². The molecule has 1 saturated heterocycles. The summed E-state index contributed by atoms with van der Waals surface area (Å²) in [5.41, 5.74) is 5.07. The van der Waals surface area contributed by atoms with Gasteiger partial charge in [0.1, 0.15) is 12.8 Å². The molecule has 0 bridgehead atoms. The second-order valence-electron chi connectivity index (χ2n) is 6.57. The third-order valence-electron chi connectivity index (χ3n) is 4.70. The number of benzene rings is 1. The second kappa shape index (κ2) is 9.38. The number of allylic oxidation sites excluding steroid dienone is 4. The Bertz CT molecular complexity index is 795. The molecule has 8 heteroatoms. The van der Waals surface area contributed by atoms with Crippen LogP contribution in [0.3, 0.4) is 0 Å². The van der Waals surface area contributed by atoms with Crippen molar-refractivity contribution in [1.29, 1.82) is 0 Å². The molecule has 1 aliphatic heterocycles. The van der Waals surface area contributed by atoms with Crippen LogP contribution >= 0.6 is 0 Å². The lowest BCUT2D eigenvalue weighted by Gasteiger charge is -2.31. The molecule has 2 aliphatic rings. The van der Waals surface area contributed by atoms with E-state index in [0.29, 0.717) is 25.3 Å². The first-order valence-electron chi connectivity index (χ1n) is 9.24. The Morgan fingerprint density at radius 3 is 2.61 bits per heavy atom. The summed E-state index contributed by atoms with van der Waals surface area (Å²) >= 11 is 0. The average Bonchev–Trinajstić information content (AvgIpc) is 2.71. The summed E-state index contributed by atoms with van der Waals surface area (Å²) in [4.78, 5) is 27.3. The lowest BCUT2D eigenvalue weighted by molar-refractivity contribution is -0.720. The van der Waals surface area contributed by atoms with Crippen molar-refractivity contribution in [1.82, 2.24) is 9.80 Å². The van der Waals surface area contributed by atoms with Crippen LogP contribution in [-0.2, 0) is 14.4 Å². The maximum Gasteiger partial charge on any atom is 0.415 e. The average molecular weight is 387 g/mol. The van der Waals surface area contributed by atoms with Crippen molar-refractivity contribution in [3.05, 3.63) is 48.3 Å². The summed E-state index contributed by atoms with van der Waals surface area (Å²) in [6.45, 7) is 2.99. The van der Waals surface area contributed by atoms with Crippen LogP contribution in [0.1, 0.15) is 6.42 Å². The van der Waals surface area contributed by atoms with Gasteiger partial charge < -0.3 is 14.5 Å². The maximum absolute atomic E-state index is 12.7. The summed E-state index contributed by atoms with van der Waals surface area (Å²) in [6, 6.07) is 7.58. The zero-order valence-electron chi connectivity index (χ0n) is 16.6. The highest BCUT2D eigenvalue weighted by atomic mass is 16.7. The first-order chi connectivity index (χ1) is 13.6. The second-order valence-corrected chi connectivity index (χ2v) is 6.57. The minimum Gasteiger partial charge on any atom is -0.403 e. The van der Waals surface area contributed by atoms with Crippen LogP contribution in [0.25, 0.3) is 0 Å². The van der Waals surface area contributed by atoms with E-state index in [0.717, 1.165) is 30.2 Å². The van der Waals surface area contributed by atoms with Crippen LogP contribution in [0.4, 0.5) is 16.2 Å². The van der Waals surface area contributed by atoms with E-state index in [-0.39, 0.29) is 6.09 Å². The Morgan fingerprint density at radius 2 is 1.89 bits per heavy atom. The van der Waals surface area contributed by atoms with Crippen LogP contribution in [0.2, 0.25) is 0 Å². The van der Waals surface area contributed by atoms with Crippen LogP contribution in [0, 0.1) is 0 Å². The summed E-state index contributed by atoms with van der Waals surface area (Å²) in [5, 5.41) is 0. The van der Waals surface area contributed by atoms with Gasteiger partial charge in [-0.3, -0.25) is 15.2 Å². The van der Waals surface area contributed by atoms with Gasteiger partial charge in [0.05, 0.1) is 13.5 Å². The molecule has 150 valence electrons. The maximum atomic E-state index is 12.7. The van der Waals surface area contributed by atoms with Crippen molar-refractivity contribution in [2.45, 2.75) is 6.42 Å². The predicted molar refractivity (Wildman–Crippen MR) is 106 cm³/mol. The minimum atomic E-state index is -0.341. The predicted octanol–water partition coefficient (Wildman–Crippen LogP) is 2.53. The van der Waals surface area contributed by atoms with Crippen molar-refractivity contribution < 1.29 is 23.9 Å². The normalized spacial score (nSPS) is 19.1. The Hall–Kier alpha value is -2.84. The topological polar surface area (TPSA) is 66.3 Å². The number of likely N-dealkylation sites (N-methyl/N-ethyl adjacent to an activating group) is 1. The number of para-hydroxylation sites is 2. The first kappa shape index (κ1) is 19.9. The Kier molecular flexibility index (Phi) is 6.67. The van der Waals surface area contributed by atoms with Gasteiger partial charge in [-0.2, -0.15) is 0 Å². The largest absolute Gasteiger partial charge is 0.415 e. The summed E-state index contributed by atoms with van der Waals surface area (Å²) in [7, 11) is 5.17. The van der Waals surface area contributed by atoms with Gasteiger partial charge in [0, 0.05) is 37.0 Å². The lowest BCUT2D eigenvalue weighted by atomic mass is 10.1. The van der Waals surface area contributed by atoms with Gasteiger partial charge in [0.25, 0.3) is 11.4 Å². The standard InChI is InChI=1S/C20H27N4O4/c1-22-12-14-23(15-13-22)20(25)28-19-11-7-6-10-18(19)24(27-3)17-9-5-4-8-16(17)21-26-2/h4-9,11,21H,10,12-15H2,1-3H3/q+1/b24-18-. The summed E-state index contributed by atoms with van der Waals surface area (Å²) < 4.78 is 7.40. The minimum absolute atomic E-state index is 0.341. The van der Waals surface area contributed by atoms with E-state index in [4.69, 9.17) is 14.4 Å². The fourth-order valence-corrected chi connectivity index (χ4v) is 3.16. The van der Waals surface area contributed by atoms with Crippen LogP contribution in [0.5, 0.6) is 0 Å². The number of amides is 1. The number of nitrogens with one attached hydrogen (secondary N) is 1. The smallest absolute Gasteiger partial charge is 0.403 e. The molecule has 0 aromatic heterocycles. The third-order valence-corrected chi connectivity index (χ3v) is 4.70.